The molecule has 0 saturated carbocycles. The van der Waals surface area contributed by atoms with Gasteiger partial charge in [0.25, 0.3) is 5.91 Å². The largest absolute Gasteiger partial charge is 0.495 e. The standard InChI is InChI=1S/C11H11ClN2O3/c1-6-10(15)13-11(16)14(6)7-3-4-9(17-2)8(12)5-7/h3-6H,1-2H3,(H,13,15,16)/t6-/m0/s1. The molecule has 0 spiro atoms. The van der Waals surface area contributed by atoms with Gasteiger partial charge in [0, 0.05) is 5.69 Å². The second kappa shape index (κ2) is 4.25. The fraction of sp³-hybridized carbons (Fsp3) is 0.273. The third-order valence-corrected chi connectivity index (χ3v) is 2.92. The predicted molar refractivity (Wildman–Crippen MR) is 63.5 cm³/mol. The Morgan fingerprint density at radius 2 is 2.12 bits per heavy atom. The summed E-state index contributed by atoms with van der Waals surface area (Å²) in [6.07, 6.45) is 0. The third kappa shape index (κ3) is 1.93. The van der Waals surface area contributed by atoms with Crippen molar-refractivity contribution in [1.82, 2.24) is 5.32 Å². The Kier molecular flexibility index (Phi) is 2.93. The van der Waals surface area contributed by atoms with Crippen molar-refractivity contribution >= 4 is 29.2 Å². The first-order valence-electron chi connectivity index (χ1n) is 5.02. The first kappa shape index (κ1) is 11.7. The van der Waals surface area contributed by atoms with E-state index in [4.69, 9.17) is 16.3 Å². The Morgan fingerprint density at radius 3 is 2.59 bits per heavy atom. The maximum absolute atomic E-state index is 11.6. The van der Waals surface area contributed by atoms with Crippen molar-refractivity contribution in [2.24, 2.45) is 0 Å². The maximum atomic E-state index is 11.6. The Bertz CT molecular complexity index is 490. The number of imide groups is 1. The van der Waals surface area contributed by atoms with Gasteiger partial charge in [-0.05, 0) is 25.1 Å². The molecule has 2 rings (SSSR count). The molecule has 0 bridgehead atoms. The zero-order valence-corrected chi connectivity index (χ0v) is 10.1. The number of hydrogen-bond acceptors (Lipinski definition) is 3. The van der Waals surface area contributed by atoms with Crippen LogP contribution in [0.3, 0.4) is 0 Å². The third-order valence-electron chi connectivity index (χ3n) is 2.63. The summed E-state index contributed by atoms with van der Waals surface area (Å²) in [6.45, 7) is 1.65. The van der Waals surface area contributed by atoms with Crippen LogP contribution in [0.25, 0.3) is 0 Å². The van der Waals surface area contributed by atoms with Crippen LogP contribution < -0.4 is 15.0 Å². The lowest BCUT2D eigenvalue weighted by Gasteiger charge is -2.19. The molecule has 0 radical (unpaired) electrons. The van der Waals surface area contributed by atoms with Gasteiger partial charge >= 0.3 is 6.03 Å². The van der Waals surface area contributed by atoms with Crippen LogP contribution in [0.5, 0.6) is 5.75 Å². The highest BCUT2D eigenvalue weighted by atomic mass is 35.5. The first-order chi connectivity index (χ1) is 8.04. The first-order valence-corrected chi connectivity index (χ1v) is 5.40. The number of benzene rings is 1. The molecule has 1 aliphatic heterocycles. The molecule has 3 amide bonds. The zero-order valence-electron chi connectivity index (χ0n) is 9.36. The Balaban J connectivity index is 2.38. The highest BCUT2D eigenvalue weighted by molar-refractivity contribution is 6.32. The van der Waals surface area contributed by atoms with Crippen molar-refractivity contribution in [2.75, 3.05) is 12.0 Å². The molecule has 0 unspecified atom stereocenters. The molecule has 1 aromatic rings. The van der Waals surface area contributed by atoms with Gasteiger partial charge in [-0.2, -0.15) is 0 Å². The fourth-order valence-electron chi connectivity index (χ4n) is 1.71. The summed E-state index contributed by atoms with van der Waals surface area (Å²) in [4.78, 5) is 24.3. The van der Waals surface area contributed by atoms with E-state index >= 15 is 0 Å². The molecular weight excluding hydrogens is 244 g/mol. The number of rotatable bonds is 2. The van der Waals surface area contributed by atoms with Gasteiger partial charge in [0.15, 0.2) is 0 Å². The molecule has 1 fully saturated rings. The van der Waals surface area contributed by atoms with E-state index in [2.05, 4.69) is 5.32 Å². The van der Waals surface area contributed by atoms with E-state index < -0.39 is 12.1 Å². The lowest BCUT2D eigenvalue weighted by atomic mass is 10.2. The highest BCUT2D eigenvalue weighted by Gasteiger charge is 2.36. The number of carbonyl (C=O) groups excluding carboxylic acids is 2. The molecule has 6 heteroatoms. The van der Waals surface area contributed by atoms with E-state index in [-0.39, 0.29) is 5.91 Å². The summed E-state index contributed by atoms with van der Waals surface area (Å²) in [6, 6.07) is 3.95. The summed E-state index contributed by atoms with van der Waals surface area (Å²) in [7, 11) is 1.51. The SMILES string of the molecule is COc1ccc(N2C(=O)NC(=O)[C@@H]2C)cc1Cl. The van der Waals surface area contributed by atoms with E-state index in [0.717, 1.165) is 0 Å². The molecule has 1 N–H and O–H groups in total. The number of halogens is 1. The minimum absolute atomic E-state index is 0.318. The van der Waals surface area contributed by atoms with Gasteiger partial charge in [-0.15, -0.1) is 0 Å². The van der Waals surface area contributed by atoms with Crippen LogP contribution in [-0.4, -0.2) is 25.1 Å². The lowest BCUT2D eigenvalue weighted by Crippen LogP contribution is -2.32. The monoisotopic (exact) mass is 254 g/mol. The van der Waals surface area contributed by atoms with Crippen LogP contribution in [-0.2, 0) is 4.79 Å². The van der Waals surface area contributed by atoms with Crippen molar-refractivity contribution in [3.63, 3.8) is 0 Å². The molecule has 1 saturated heterocycles. The van der Waals surface area contributed by atoms with Crippen LogP contribution in [0, 0.1) is 0 Å². The summed E-state index contributed by atoms with van der Waals surface area (Å²) >= 11 is 5.97. The van der Waals surface area contributed by atoms with Gasteiger partial charge in [0.1, 0.15) is 11.8 Å². The predicted octanol–water partition coefficient (Wildman–Crippen LogP) is 1.79. The quantitative estimate of drug-likeness (QED) is 0.819. The smallest absolute Gasteiger partial charge is 0.329 e. The summed E-state index contributed by atoms with van der Waals surface area (Å²) in [5, 5.41) is 2.63. The number of nitrogens with one attached hydrogen (secondary N) is 1. The van der Waals surface area contributed by atoms with Crippen molar-refractivity contribution in [3.8, 4) is 5.75 Å². The van der Waals surface area contributed by atoms with Crippen LogP contribution in [0.1, 0.15) is 6.92 Å². The molecule has 17 heavy (non-hydrogen) atoms. The molecule has 5 nitrogen and oxygen atoms in total. The van der Waals surface area contributed by atoms with Crippen LogP contribution >= 0.6 is 11.6 Å². The van der Waals surface area contributed by atoms with Gasteiger partial charge < -0.3 is 4.74 Å². The molecule has 0 aromatic heterocycles. The maximum Gasteiger partial charge on any atom is 0.329 e. The van der Waals surface area contributed by atoms with E-state index in [0.29, 0.717) is 16.5 Å². The molecule has 1 atom stereocenters. The van der Waals surface area contributed by atoms with Gasteiger partial charge in [0.2, 0.25) is 0 Å². The molecule has 1 aliphatic rings. The molecular formula is C11H11ClN2O3. The average Bonchev–Trinajstić information content (AvgIpc) is 2.53. The second-order valence-electron chi connectivity index (χ2n) is 3.66. The fourth-order valence-corrected chi connectivity index (χ4v) is 1.96. The molecule has 0 aliphatic carbocycles. The van der Waals surface area contributed by atoms with E-state index in [1.165, 1.54) is 12.0 Å². The minimum atomic E-state index is -0.535. The summed E-state index contributed by atoms with van der Waals surface area (Å²) in [5.41, 5.74) is 0.562. The van der Waals surface area contributed by atoms with E-state index in [1.807, 2.05) is 0 Å². The number of anilines is 1. The lowest BCUT2D eigenvalue weighted by molar-refractivity contribution is -0.119. The molecule has 90 valence electrons. The number of urea groups is 1. The number of hydrogen-bond donors (Lipinski definition) is 1. The molecule has 1 heterocycles. The van der Waals surface area contributed by atoms with Crippen molar-refractivity contribution < 1.29 is 14.3 Å². The normalized spacial score (nSPS) is 19.5. The zero-order chi connectivity index (χ0) is 12.6. The van der Waals surface area contributed by atoms with Gasteiger partial charge in [-0.3, -0.25) is 15.0 Å². The number of carbonyl (C=O) groups is 2. The van der Waals surface area contributed by atoms with E-state index in [9.17, 15) is 9.59 Å². The van der Waals surface area contributed by atoms with E-state index in [1.54, 1.807) is 25.1 Å². The average molecular weight is 255 g/mol. The Morgan fingerprint density at radius 1 is 1.41 bits per heavy atom. The van der Waals surface area contributed by atoms with Gasteiger partial charge in [0.05, 0.1) is 12.1 Å². The van der Waals surface area contributed by atoms with Crippen LogP contribution in [0.15, 0.2) is 18.2 Å². The van der Waals surface area contributed by atoms with Crippen LogP contribution in [0.2, 0.25) is 5.02 Å². The van der Waals surface area contributed by atoms with Crippen molar-refractivity contribution in [3.05, 3.63) is 23.2 Å². The number of ether oxygens (including phenoxy) is 1. The number of amides is 3. The molecule has 1 aromatic carbocycles. The minimum Gasteiger partial charge on any atom is -0.495 e. The topological polar surface area (TPSA) is 58.6 Å². The van der Waals surface area contributed by atoms with Gasteiger partial charge in [-0.25, -0.2) is 4.79 Å². The Hall–Kier alpha value is -1.75. The summed E-state index contributed by atoms with van der Waals surface area (Å²) in [5.74, 6) is 0.205. The van der Waals surface area contributed by atoms with Crippen LogP contribution in [0.4, 0.5) is 10.5 Å². The van der Waals surface area contributed by atoms with Gasteiger partial charge in [-0.1, -0.05) is 11.6 Å². The second-order valence-corrected chi connectivity index (χ2v) is 4.07. The Labute approximate surface area is 103 Å². The van der Waals surface area contributed by atoms with Crippen molar-refractivity contribution in [2.45, 2.75) is 13.0 Å². The summed E-state index contributed by atoms with van der Waals surface area (Å²) < 4.78 is 5.02. The number of nitrogens with zero attached hydrogens (tertiary/aromatic N) is 1. The highest BCUT2D eigenvalue weighted by Crippen LogP contribution is 2.30. The number of methoxy groups -OCH3 is 1. The van der Waals surface area contributed by atoms with Crippen molar-refractivity contribution in [1.29, 1.82) is 0 Å².